The van der Waals surface area contributed by atoms with Crippen molar-refractivity contribution in [2.45, 2.75) is 6.54 Å². The van der Waals surface area contributed by atoms with Gasteiger partial charge in [0.15, 0.2) is 0 Å². The highest BCUT2D eigenvalue weighted by Crippen LogP contribution is 2.23. The van der Waals surface area contributed by atoms with Gasteiger partial charge in [0.1, 0.15) is 6.54 Å². The first-order chi connectivity index (χ1) is 5.88. The molecule has 1 aromatic carbocycles. The van der Waals surface area contributed by atoms with Gasteiger partial charge >= 0.3 is 0 Å². The third-order valence-electron chi connectivity index (χ3n) is 1.65. The number of hydrogen-bond acceptors (Lipinski definition) is 0. The summed E-state index contributed by atoms with van der Waals surface area (Å²) in [6, 6.07) is 6.28. The smallest absolute Gasteiger partial charge is 0.105 e. The highest BCUT2D eigenvalue weighted by atomic mass is 79.9. The van der Waals surface area contributed by atoms with Crippen LogP contribution < -0.4 is 17.0 Å². The zero-order valence-electron chi connectivity index (χ0n) is 8.52. The number of halogens is 3. The molecule has 0 spiro atoms. The summed E-state index contributed by atoms with van der Waals surface area (Å²) < 4.78 is 3.26. The summed E-state index contributed by atoms with van der Waals surface area (Å²) in [6.07, 6.45) is 0. The molecule has 0 saturated heterocycles. The van der Waals surface area contributed by atoms with Crippen LogP contribution in [0.2, 0.25) is 0 Å². The van der Waals surface area contributed by atoms with Gasteiger partial charge in [0.05, 0.1) is 21.1 Å². The minimum Gasteiger partial charge on any atom is -1.00 e. The van der Waals surface area contributed by atoms with Crippen molar-refractivity contribution < 1.29 is 21.5 Å². The van der Waals surface area contributed by atoms with Crippen molar-refractivity contribution in [3.05, 3.63) is 32.7 Å². The van der Waals surface area contributed by atoms with Gasteiger partial charge in [-0.2, -0.15) is 0 Å². The summed E-state index contributed by atoms with van der Waals surface area (Å²) in [7, 11) is 6.56. The standard InChI is InChI=1S/C10H14Br2N.BrH/c1-13(2,3)7-8-6-9(11)4-5-10(8)12;/h4-6H,7H2,1-3H3;1H/q+1;/p-1. The molecule has 1 rings (SSSR count). The van der Waals surface area contributed by atoms with Gasteiger partial charge in [-0.3, -0.25) is 0 Å². The van der Waals surface area contributed by atoms with Crippen LogP contribution in [-0.2, 0) is 6.54 Å². The third kappa shape index (κ3) is 4.91. The molecule has 0 aromatic heterocycles. The molecule has 0 aliphatic carbocycles. The van der Waals surface area contributed by atoms with Crippen LogP contribution in [-0.4, -0.2) is 25.6 Å². The third-order valence-corrected chi connectivity index (χ3v) is 2.92. The summed E-state index contributed by atoms with van der Waals surface area (Å²) in [6.45, 7) is 1.03. The maximum Gasteiger partial charge on any atom is 0.105 e. The van der Waals surface area contributed by atoms with E-state index in [4.69, 9.17) is 0 Å². The summed E-state index contributed by atoms with van der Waals surface area (Å²) in [5.74, 6) is 0. The Morgan fingerprint density at radius 1 is 1.14 bits per heavy atom. The van der Waals surface area contributed by atoms with E-state index in [-0.39, 0.29) is 17.0 Å². The Morgan fingerprint density at radius 3 is 2.21 bits per heavy atom. The average molecular weight is 388 g/mol. The molecule has 0 radical (unpaired) electrons. The second-order valence-electron chi connectivity index (χ2n) is 4.18. The second kappa shape index (κ2) is 5.64. The molecule has 0 saturated carbocycles. The Balaban J connectivity index is 0.00000169. The normalized spacial score (nSPS) is 10.9. The van der Waals surface area contributed by atoms with Crippen LogP contribution in [0, 0.1) is 0 Å². The van der Waals surface area contributed by atoms with Crippen molar-refractivity contribution in [2.75, 3.05) is 21.1 Å². The van der Waals surface area contributed by atoms with E-state index >= 15 is 0 Å². The minimum absolute atomic E-state index is 0. The monoisotopic (exact) mass is 385 g/mol. The van der Waals surface area contributed by atoms with E-state index in [0.29, 0.717) is 0 Å². The van der Waals surface area contributed by atoms with Gasteiger partial charge in [-0.25, -0.2) is 0 Å². The fraction of sp³-hybridized carbons (Fsp3) is 0.400. The molecule has 0 amide bonds. The quantitative estimate of drug-likeness (QED) is 0.645. The van der Waals surface area contributed by atoms with E-state index < -0.39 is 0 Å². The van der Waals surface area contributed by atoms with Crippen molar-refractivity contribution in [3.63, 3.8) is 0 Å². The first-order valence-electron chi connectivity index (χ1n) is 4.13. The summed E-state index contributed by atoms with van der Waals surface area (Å²) in [4.78, 5) is 0. The number of hydrogen-bond donors (Lipinski definition) is 0. The first-order valence-corrected chi connectivity index (χ1v) is 5.71. The Morgan fingerprint density at radius 2 is 1.71 bits per heavy atom. The number of benzene rings is 1. The van der Waals surface area contributed by atoms with Gasteiger partial charge in [-0.05, 0) is 18.2 Å². The Hall–Kier alpha value is 0.620. The Kier molecular flexibility index (Phi) is 5.88. The average Bonchev–Trinajstić information content (AvgIpc) is 1.94. The lowest BCUT2D eigenvalue weighted by molar-refractivity contribution is -0.884. The van der Waals surface area contributed by atoms with E-state index in [2.05, 4.69) is 65.1 Å². The highest BCUT2D eigenvalue weighted by molar-refractivity contribution is 9.11. The maximum absolute atomic E-state index is 3.55. The topological polar surface area (TPSA) is 0 Å². The fourth-order valence-corrected chi connectivity index (χ4v) is 1.96. The number of nitrogens with zero attached hydrogens (tertiary/aromatic N) is 1. The largest absolute Gasteiger partial charge is 1.00 e. The molecule has 0 fully saturated rings. The molecule has 1 nitrogen and oxygen atoms in total. The van der Waals surface area contributed by atoms with Crippen molar-refractivity contribution in [1.29, 1.82) is 0 Å². The molecule has 1 aromatic rings. The molecular weight excluding hydrogens is 374 g/mol. The van der Waals surface area contributed by atoms with Gasteiger partial charge in [-0.15, -0.1) is 0 Å². The Labute approximate surface area is 113 Å². The number of quaternary nitrogens is 1. The zero-order chi connectivity index (χ0) is 10.1. The van der Waals surface area contributed by atoms with Gasteiger partial charge in [0.2, 0.25) is 0 Å². The minimum atomic E-state index is 0. The lowest BCUT2D eigenvalue weighted by Crippen LogP contribution is -3.00. The predicted octanol–water partition coefficient (Wildman–Crippen LogP) is 0.422. The van der Waals surface area contributed by atoms with E-state index in [9.17, 15) is 0 Å². The van der Waals surface area contributed by atoms with Crippen LogP contribution >= 0.6 is 31.9 Å². The van der Waals surface area contributed by atoms with Crippen LogP contribution in [0.4, 0.5) is 0 Å². The summed E-state index contributed by atoms with van der Waals surface area (Å²) in [5.41, 5.74) is 1.34. The van der Waals surface area contributed by atoms with Crippen molar-refractivity contribution in [2.24, 2.45) is 0 Å². The van der Waals surface area contributed by atoms with Crippen LogP contribution in [0.3, 0.4) is 0 Å². The van der Waals surface area contributed by atoms with E-state index in [1.165, 1.54) is 10.0 Å². The van der Waals surface area contributed by atoms with Gasteiger partial charge in [0.25, 0.3) is 0 Å². The van der Waals surface area contributed by atoms with Gasteiger partial charge < -0.3 is 21.5 Å². The molecule has 4 heteroatoms. The zero-order valence-corrected chi connectivity index (χ0v) is 13.3. The lowest BCUT2D eigenvalue weighted by atomic mass is 10.2. The molecule has 0 atom stereocenters. The van der Waals surface area contributed by atoms with E-state index in [1.54, 1.807) is 0 Å². The number of rotatable bonds is 2. The molecule has 0 heterocycles. The molecular formula is C10H14Br3N. The van der Waals surface area contributed by atoms with Crippen molar-refractivity contribution >= 4 is 31.9 Å². The summed E-state index contributed by atoms with van der Waals surface area (Å²) in [5, 5.41) is 0. The molecule has 0 aliphatic rings. The second-order valence-corrected chi connectivity index (χ2v) is 5.95. The van der Waals surface area contributed by atoms with E-state index in [0.717, 1.165) is 15.5 Å². The van der Waals surface area contributed by atoms with Crippen molar-refractivity contribution in [3.8, 4) is 0 Å². The van der Waals surface area contributed by atoms with E-state index in [1.807, 2.05) is 6.07 Å². The molecule has 0 N–H and O–H groups in total. The van der Waals surface area contributed by atoms with Crippen molar-refractivity contribution in [1.82, 2.24) is 0 Å². The lowest BCUT2D eigenvalue weighted by Gasteiger charge is -2.24. The van der Waals surface area contributed by atoms with Crippen LogP contribution in [0.15, 0.2) is 27.1 Å². The van der Waals surface area contributed by atoms with Crippen LogP contribution in [0.5, 0.6) is 0 Å². The Bertz CT molecular complexity index is 305. The maximum atomic E-state index is 3.55. The SMILES string of the molecule is C[N+](C)(C)Cc1cc(Br)ccc1Br.[Br-]. The molecule has 80 valence electrons. The highest BCUT2D eigenvalue weighted by Gasteiger charge is 2.11. The first kappa shape index (κ1) is 14.6. The van der Waals surface area contributed by atoms with Crippen LogP contribution in [0.1, 0.15) is 5.56 Å². The molecule has 0 aliphatic heterocycles. The molecule has 14 heavy (non-hydrogen) atoms. The fourth-order valence-electron chi connectivity index (χ4n) is 1.18. The predicted molar refractivity (Wildman–Crippen MR) is 63.6 cm³/mol. The molecule has 0 bridgehead atoms. The van der Waals surface area contributed by atoms with Gasteiger partial charge in [0, 0.05) is 14.5 Å². The van der Waals surface area contributed by atoms with Gasteiger partial charge in [-0.1, -0.05) is 31.9 Å². The van der Waals surface area contributed by atoms with Crippen LogP contribution in [0.25, 0.3) is 0 Å². The summed E-state index contributed by atoms with van der Waals surface area (Å²) >= 11 is 7.03. The molecule has 0 unspecified atom stereocenters.